The van der Waals surface area contributed by atoms with Crippen molar-refractivity contribution in [2.75, 3.05) is 4.90 Å². The number of rotatable bonds is 0. The van der Waals surface area contributed by atoms with Crippen molar-refractivity contribution in [1.82, 2.24) is 4.57 Å². The highest BCUT2D eigenvalue weighted by Gasteiger charge is 2.47. The van der Waals surface area contributed by atoms with Crippen LogP contribution in [0.25, 0.3) is 10.9 Å². The van der Waals surface area contributed by atoms with E-state index in [4.69, 9.17) is 0 Å². The molecule has 0 bridgehead atoms. The highest BCUT2D eigenvalue weighted by molar-refractivity contribution is 6.11. The summed E-state index contributed by atoms with van der Waals surface area (Å²) in [5.74, 6) is -0.502. The highest BCUT2D eigenvalue weighted by Crippen LogP contribution is 2.46. The Kier molecular flexibility index (Phi) is 2.97. The zero-order chi connectivity index (χ0) is 18.1. The van der Waals surface area contributed by atoms with Crippen LogP contribution in [0.4, 0.5) is 10.1 Å². The minimum absolute atomic E-state index is 0.0175. The van der Waals surface area contributed by atoms with Crippen LogP contribution in [0.2, 0.25) is 0 Å². The molecule has 1 saturated heterocycles. The number of benzene rings is 2. The molecule has 2 aromatic carbocycles. The van der Waals surface area contributed by atoms with E-state index in [0.717, 1.165) is 18.5 Å². The molecular weight excluding hydrogens is 331 g/mol. The second-order valence-corrected chi connectivity index (χ2v) is 7.25. The molecule has 4 nitrogen and oxygen atoms in total. The zero-order valence-corrected chi connectivity index (χ0v) is 14.3. The van der Waals surface area contributed by atoms with Gasteiger partial charge in [0.1, 0.15) is 5.82 Å². The van der Waals surface area contributed by atoms with Crippen LogP contribution in [0.3, 0.4) is 0 Å². The number of aromatic nitrogens is 1. The summed E-state index contributed by atoms with van der Waals surface area (Å²) in [5, 5.41) is 0.673. The van der Waals surface area contributed by atoms with Gasteiger partial charge in [0.15, 0.2) is 0 Å². The van der Waals surface area contributed by atoms with Gasteiger partial charge in [-0.2, -0.15) is 0 Å². The van der Waals surface area contributed by atoms with Crippen LogP contribution in [0.1, 0.15) is 42.2 Å². The number of nitrogens with zero attached hydrogens (tertiary/aromatic N) is 2. The second kappa shape index (κ2) is 5.04. The van der Waals surface area contributed by atoms with Crippen molar-refractivity contribution in [2.45, 2.75) is 31.7 Å². The number of carbonyl (C=O) groups excluding carboxylic acids is 2. The van der Waals surface area contributed by atoms with Gasteiger partial charge in [0.25, 0.3) is 5.91 Å². The van der Waals surface area contributed by atoms with Gasteiger partial charge in [-0.3, -0.25) is 14.2 Å². The van der Waals surface area contributed by atoms with Crippen molar-refractivity contribution in [2.24, 2.45) is 0 Å². The van der Waals surface area contributed by atoms with Crippen LogP contribution in [0.15, 0.2) is 48.5 Å². The molecule has 0 N–H and O–H groups in total. The molecule has 0 aliphatic carbocycles. The third-order valence-electron chi connectivity index (χ3n) is 5.69. The summed E-state index contributed by atoms with van der Waals surface area (Å²) in [5.41, 5.74) is 1.92. The lowest BCUT2D eigenvalue weighted by Gasteiger charge is -2.44. The van der Waals surface area contributed by atoms with Crippen molar-refractivity contribution in [3.63, 3.8) is 0 Å². The smallest absolute Gasteiger partial charge is 0.264 e. The third-order valence-corrected chi connectivity index (χ3v) is 5.69. The number of fused-ring (bicyclic) bond motifs is 7. The monoisotopic (exact) mass is 348 g/mol. The topological polar surface area (TPSA) is 42.3 Å². The molecule has 130 valence electrons. The molecule has 26 heavy (non-hydrogen) atoms. The maximum atomic E-state index is 13.7. The van der Waals surface area contributed by atoms with Gasteiger partial charge in [-0.25, -0.2) is 4.39 Å². The summed E-state index contributed by atoms with van der Waals surface area (Å²) in [6.45, 7) is 2.00. The molecule has 5 heteroatoms. The van der Waals surface area contributed by atoms with E-state index >= 15 is 0 Å². The van der Waals surface area contributed by atoms with Crippen molar-refractivity contribution in [3.05, 3.63) is 65.6 Å². The molecule has 0 spiro atoms. The molecule has 1 aromatic heterocycles. The molecule has 1 unspecified atom stereocenters. The van der Waals surface area contributed by atoms with Gasteiger partial charge in [-0.15, -0.1) is 0 Å². The van der Waals surface area contributed by atoms with E-state index in [-0.39, 0.29) is 17.6 Å². The Labute approximate surface area is 149 Å². The Morgan fingerprint density at radius 1 is 1.08 bits per heavy atom. The fourth-order valence-corrected chi connectivity index (χ4v) is 4.50. The maximum absolute atomic E-state index is 13.7. The molecule has 0 radical (unpaired) electrons. The first-order chi connectivity index (χ1) is 12.5. The number of hydrogen-bond acceptors (Lipinski definition) is 2. The maximum Gasteiger partial charge on any atom is 0.264 e. The summed E-state index contributed by atoms with van der Waals surface area (Å²) >= 11 is 0. The summed E-state index contributed by atoms with van der Waals surface area (Å²) in [6, 6.07) is 13.5. The first-order valence-electron chi connectivity index (χ1n) is 8.79. The van der Waals surface area contributed by atoms with Gasteiger partial charge in [-0.05, 0) is 56.2 Å². The van der Waals surface area contributed by atoms with Gasteiger partial charge < -0.3 is 4.90 Å². The Bertz CT molecular complexity index is 1100. The first-order valence-corrected chi connectivity index (χ1v) is 8.79. The summed E-state index contributed by atoms with van der Waals surface area (Å²) in [7, 11) is 0. The Morgan fingerprint density at radius 3 is 2.73 bits per heavy atom. The fraction of sp³-hybridized carbons (Fsp3) is 0.238. The number of anilines is 1. The molecule has 1 amide bonds. The Balaban J connectivity index is 1.93. The molecule has 3 heterocycles. The first kappa shape index (κ1) is 15.3. The molecule has 1 fully saturated rings. The predicted molar refractivity (Wildman–Crippen MR) is 96.8 cm³/mol. The van der Waals surface area contributed by atoms with Crippen LogP contribution in [0.5, 0.6) is 0 Å². The van der Waals surface area contributed by atoms with Crippen molar-refractivity contribution in [3.8, 4) is 0 Å². The largest absolute Gasteiger partial charge is 0.300 e. The lowest BCUT2D eigenvalue weighted by atomic mass is 9.84. The number of piperidine rings is 1. The minimum Gasteiger partial charge on any atom is -0.300 e. The number of halogens is 1. The van der Waals surface area contributed by atoms with E-state index in [0.29, 0.717) is 28.6 Å². The van der Waals surface area contributed by atoms with Crippen molar-refractivity contribution < 1.29 is 14.0 Å². The average Bonchev–Trinajstić information content (AvgIpc) is 2.97. The predicted octanol–water partition coefficient (Wildman–Crippen LogP) is 4.21. The lowest BCUT2D eigenvalue weighted by molar-refractivity contribution is -0.121. The van der Waals surface area contributed by atoms with E-state index in [9.17, 15) is 14.0 Å². The van der Waals surface area contributed by atoms with Gasteiger partial charge in [0.2, 0.25) is 5.91 Å². The van der Waals surface area contributed by atoms with Gasteiger partial charge in [-0.1, -0.05) is 12.1 Å². The molecule has 1 atom stereocenters. The highest BCUT2D eigenvalue weighted by atomic mass is 19.1. The number of para-hydroxylation sites is 1. The van der Waals surface area contributed by atoms with Gasteiger partial charge >= 0.3 is 0 Å². The minimum atomic E-state index is -0.646. The van der Waals surface area contributed by atoms with Crippen LogP contribution in [0, 0.1) is 5.82 Å². The molecular formula is C21H17FN2O2. The summed E-state index contributed by atoms with van der Waals surface area (Å²) in [6.07, 6.45) is 1.98. The number of hydrogen-bond donors (Lipinski definition) is 0. The standard InChI is InChI=1S/C21H17FN2O2/c1-21-10-4-7-19(25)24(21)17-6-3-2-5-15(17)20(26)23-16-9-8-14(22)11-13(16)12-18(21)23/h2-3,5-6,8-9,11-12H,4,7,10H2,1H3. The Hall–Kier alpha value is -2.95. The normalized spacial score (nSPS) is 22.0. The molecule has 2 aliphatic rings. The average molecular weight is 348 g/mol. The SMILES string of the molecule is CC12CCCC(=O)N1c1ccccc1C(=O)n1c2cc2cc(F)ccc21. The van der Waals surface area contributed by atoms with Crippen LogP contribution >= 0.6 is 0 Å². The van der Waals surface area contributed by atoms with Gasteiger partial charge in [0, 0.05) is 11.8 Å². The number of amides is 1. The van der Waals surface area contributed by atoms with Crippen molar-refractivity contribution in [1.29, 1.82) is 0 Å². The fourth-order valence-electron chi connectivity index (χ4n) is 4.50. The molecule has 3 aromatic rings. The zero-order valence-electron chi connectivity index (χ0n) is 14.3. The second-order valence-electron chi connectivity index (χ2n) is 7.25. The summed E-state index contributed by atoms with van der Waals surface area (Å²) in [4.78, 5) is 28.1. The molecule has 2 aliphatic heterocycles. The van der Waals surface area contributed by atoms with Crippen molar-refractivity contribution >= 4 is 28.4 Å². The van der Waals surface area contributed by atoms with Crippen LogP contribution < -0.4 is 4.90 Å². The van der Waals surface area contributed by atoms with Crippen LogP contribution in [-0.2, 0) is 10.3 Å². The quantitative estimate of drug-likeness (QED) is 0.611. The van der Waals surface area contributed by atoms with E-state index in [2.05, 4.69) is 0 Å². The molecule has 5 rings (SSSR count). The van der Waals surface area contributed by atoms with E-state index < -0.39 is 5.54 Å². The van der Waals surface area contributed by atoms with Crippen LogP contribution in [-0.4, -0.2) is 16.4 Å². The van der Waals surface area contributed by atoms with E-state index in [1.54, 1.807) is 27.7 Å². The lowest BCUT2D eigenvalue weighted by Crippen LogP contribution is -2.51. The van der Waals surface area contributed by atoms with Gasteiger partial charge in [0.05, 0.1) is 28.0 Å². The number of carbonyl (C=O) groups is 2. The third kappa shape index (κ3) is 1.83. The van der Waals surface area contributed by atoms with E-state index in [1.807, 2.05) is 25.1 Å². The molecule has 0 saturated carbocycles. The summed E-state index contributed by atoms with van der Waals surface area (Å²) < 4.78 is 15.4. The van der Waals surface area contributed by atoms with E-state index in [1.165, 1.54) is 12.1 Å². The Morgan fingerprint density at radius 2 is 1.88 bits per heavy atom.